The van der Waals surface area contributed by atoms with Crippen LogP contribution in [0.2, 0.25) is 0 Å². The average Bonchev–Trinajstić information content (AvgIpc) is 2.34. The molecular weight excluding hydrogens is 210 g/mol. The van der Waals surface area contributed by atoms with Gasteiger partial charge in [-0.05, 0) is 50.0 Å². The third-order valence-corrected chi connectivity index (χ3v) is 3.00. The highest BCUT2D eigenvalue weighted by molar-refractivity contribution is 5.28. The maximum atomic E-state index is 5.23. The topological polar surface area (TPSA) is 12.5 Å². The Morgan fingerprint density at radius 3 is 2.65 bits per heavy atom. The van der Waals surface area contributed by atoms with Gasteiger partial charge >= 0.3 is 0 Å². The summed E-state index contributed by atoms with van der Waals surface area (Å²) >= 11 is 0. The van der Waals surface area contributed by atoms with Crippen molar-refractivity contribution < 1.29 is 4.74 Å². The van der Waals surface area contributed by atoms with Crippen molar-refractivity contribution in [2.24, 2.45) is 5.92 Å². The number of methoxy groups -OCH3 is 1. The molecule has 0 unspecified atom stereocenters. The lowest BCUT2D eigenvalue weighted by atomic mass is 10.1. The number of ether oxygens (including phenoxy) is 1. The van der Waals surface area contributed by atoms with E-state index in [1.54, 1.807) is 7.11 Å². The van der Waals surface area contributed by atoms with Crippen LogP contribution in [0.4, 0.5) is 0 Å². The van der Waals surface area contributed by atoms with E-state index in [9.17, 15) is 0 Å². The molecule has 0 aliphatic carbocycles. The van der Waals surface area contributed by atoms with Crippen LogP contribution in [0.3, 0.4) is 0 Å². The maximum absolute atomic E-state index is 5.23. The fourth-order valence-electron chi connectivity index (χ4n) is 1.74. The molecule has 0 N–H and O–H groups in total. The Hall–Kier alpha value is -1.02. The Bertz CT molecular complexity index is 322. The van der Waals surface area contributed by atoms with Gasteiger partial charge in [-0.25, -0.2) is 0 Å². The maximum Gasteiger partial charge on any atom is 0.119 e. The molecule has 1 aromatic carbocycles. The molecule has 0 aliphatic rings. The summed E-state index contributed by atoms with van der Waals surface area (Å²) in [4.78, 5) is 2.40. The van der Waals surface area contributed by atoms with Gasteiger partial charge in [0.05, 0.1) is 7.11 Å². The Labute approximate surface area is 106 Å². The Balaban J connectivity index is 2.33. The molecule has 0 atom stereocenters. The van der Waals surface area contributed by atoms with Crippen molar-refractivity contribution in [2.45, 2.75) is 26.7 Å². The number of nitrogens with zero attached hydrogens (tertiary/aromatic N) is 1. The van der Waals surface area contributed by atoms with Crippen molar-refractivity contribution in [2.75, 3.05) is 27.2 Å². The molecule has 0 saturated carbocycles. The standard InChI is InChI=1S/C15H25NO/c1-13(2)8-10-16(3)11-9-14-6-5-7-15(12-14)17-4/h5-7,12-13H,8-11H2,1-4H3. The summed E-state index contributed by atoms with van der Waals surface area (Å²) in [5.74, 6) is 1.74. The van der Waals surface area contributed by atoms with E-state index in [1.807, 2.05) is 6.07 Å². The van der Waals surface area contributed by atoms with Crippen LogP contribution in [0.5, 0.6) is 5.75 Å². The quantitative estimate of drug-likeness (QED) is 0.719. The molecule has 0 amide bonds. The van der Waals surface area contributed by atoms with Crippen molar-refractivity contribution in [1.29, 1.82) is 0 Å². The number of rotatable bonds is 7. The van der Waals surface area contributed by atoms with Gasteiger partial charge in [0.25, 0.3) is 0 Å². The van der Waals surface area contributed by atoms with E-state index in [-0.39, 0.29) is 0 Å². The Morgan fingerprint density at radius 2 is 2.00 bits per heavy atom. The number of likely N-dealkylation sites (N-methyl/N-ethyl adjacent to an activating group) is 1. The molecule has 0 aromatic heterocycles. The third kappa shape index (κ3) is 5.73. The van der Waals surface area contributed by atoms with Crippen LogP contribution >= 0.6 is 0 Å². The minimum absolute atomic E-state index is 0.786. The second-order valence-corrected chi connectivity index (χ2v) is 5.09. The molecule has 1 aromatic rings. The predicted molar refractivity (Wildman–Crippen MR) is 73.7 cm³/mol. The first-order chi connectivity index (χ1) is 8.11. The average molecular weight is 235 g/mol. The lowest BCUT2D eigenvalue weighted by Crippen LogP contribution is -2.23. The predicted octanol–water partition coefficient (Wildman–Crippen LogP) is 3.22. The van der Waals surface area contributed by atoms with Crippen molar-refractivity contribution in [3.05, 3.63) is 29.8 Å². The first-order valence-electron chi connectivity index (χ1n) is 6.43. The zero-order chi connectivity index (χ0) is 12.7. The van der Waals surface area contributed by atoms with Gasteiger partial charge in [-0.2, -0.15) is 0 Å². The molecular formula is C15H25NO. The van der Waals surface area contributed by atoms with E-state index in [2.05, 4.69) is 44.0 Å². The lowest BCUT2D eigenvalue weighted by Gasteiger charge is -2.17. The largest absolute Gasteiger partial charge is 0.497 e. The van der Waals surface area contributed by atoms with E-state index in [0.717, 1.165) is 24.6 Å². The molecule has 0 fully saturated rings. The number of hydrogen-bond acceptors (Lipinski definition) is 2. The van der Waals surface area contributed by atoms with Gasteiger partial charge in [0, 0.05) is 6.54 Å². The van der Waals surface area contributed by atoms with E-state index >= 15 is 0 Å². The van der Waals surface area contributed by atoms with E-state index < -0.39 is 0 Å². The number of hydrogen-bond donors (Lipinski definition) is 0. The second kappa shape index (κ2) is 7.33. The summed E-state index contributed by atoms with van der Waals surface area (Å²) in [6.45, 7) is 6.84. The van der Waals surface area contributed by atoms with E-state index in [4.69, 9.17) is 4.74 Å². The van der Waals surface area contributed by atoms with Crippen LogP contribution in [0, 0.1) is 5.92 Å². The smallest absolute Gasteiger partial charge is 0.119 e. The molecule has 0 bridgehead atoms. The summed E-state index contributed by atoms with van der Waals surface area (Å²) in [7, 11) is 3.91. The highest BCUT2D eigenvalue weighted by atomic mass is 16.5. The van der Waals surface area contributed by atoms with Gasteiger partial charge in [-0.15, -0.1) is 0 Å². The zero-order valence-electron chi connectivity index (χ0n) is 11.6. The molecule has 1 rings (SSSR count). The van der Waals surface area contributed by atoms with Crippen LogP contribution in [-0.4, -0.2) is 32.1 Å². The molecule has 2 heteroatoms. The van der Waals surface area contributed by atoms with Crippen molar-refractivity contribution >= 4 is 0 Å². The van der Waals surface area contributed by atoms with Crippen LogP contribution in [0.25, 0.3) is 0 Å². The summed E-state index contributed by atoms with van der Waals surface area (Å²) in [5.41, 5.74) is 1.35. The highest BCUT2D eigenvalue weighted by Crippen LogP contribution is 2.13. The molecule has 0 heterocycles. The van der Waals surface area contributed by atoms with Crippen molar-refractivity contribution in [3.8, 4) is 5.75 Å². The van der Waals surface area contributed by atoms with Gasteiger partial charge in [0.1, 0.15) is 5.75 Å². The van der Waals surface area contributed by atoms with Crippen LogP contribution in [-0.2, 0) is 6.42 Å². The molecule has 0 spiro atoms. The van der Waals surface area contributed by atoms with Crippen LogP contribution in [0.15, 0.2) is 24.3 Å². The summed E-state index contributed by atoms with van der Waals surface area (Å²) in [6.07, 6.45) is 2.36. The van der Waals surface area contributed by atoms with Crippen LogP contribution in [0.1, 0.15) is 25.8 Å². The lowest BCUT2D eigenvalue weighted by molar-refractivity contribution is 0.314. The molecule has 0 saturated heterocycles. The minimum atomic E-state index is 0.786. The summed E-state index contributed by atoms with van der Waals surface area (Å²) in [5, 5.41) is 0. The Morgan fingerprint density at radius 1 is 1.24 bits per heavy atom. The van der Waals surface area contributed by atoms with Crippen molar-refractivity contribution in [1.82, 2.24) is 4.90 Å². The summed E-state index contributed by atoms with van der Waals surface area (Å²) < 4.78 is 5.23. The molecule has 96 valence electrons. The number of benzene rings is 1. The SMILES string of the molecule is COc1cccc(CCN(C)CCC(C)C)c1. The van der Waals surface area contributed by atoms with E-state index in [0.29, 0.717) is 0 Å². The molecule has 0 aliphatic heterocycles. The summed E-state index contributed by atoms with van der Waals surface area (Å²) in [6, 6.07) is 8.34. The first-order valence-corrected chi connectivity index (χ1v) is 6.43. The van der Waals surface area contributed by atoms with Gasteiger partial charge in [0.2, 0.25) is 0 Å². The fourth-order valence-corrected chi connectivity index (χ4v) is 1.74. The van der Waals surface area contributed by atoms with Gasteiger partial charge in [-0.3, -0.25) is 0 Å². The molecule has 17 heavy (non-hydrogen) atoms. The zero-order valence-corrected chi connectivity index (χ0v) is 11.6. The van der Waals surface area contributed by atoms with Gasteiger partial charge < -0.3 is 9.64 Å². The van der Waals surface area contributed by atoms with Gasteiger partial charge in [-0.1, -0.05) is 26.0 Å². The molecule has 2 nitrogen and oxygen atoms in total. The second-order valence-electron chi connectivity index (χ2n) is 5.09. The normalized spacial score (nSPS) is 11.2. The highest BCUT2D eigenvalue weighted by Gasteiger charge is 2.02. The van der Waals surface area contributed by atoms with Crippen LogP contribution < -0.4 is 4.74 Å². The Kier molecular flexibility index (Phi) is 6.06. The van der Waals surface area contributed by atoms with E-state index in [1.165, 1.54) is 18.5 Å². The fraction of sp³-hybridized carbons (Fsp3) is 0.600. The first kappa shape index (κ1) is 14.0. The van der Waals surface area contributed by atoms with Crippen molar-refractivity contribution in [3.63, 3.8) is 0 Å². The van der Waals surface area contributed by atoms with Gasteiger partial charge in [0.15, 0.2) is 0 Å². The molecule has 0 radical (unpaired) electrons. The monoisotopic (exact) mass is 235 g/mol. The minimum Gasteiger partial charge on any atom is -0.497 e. The third-order valence-electron chi connectivity index (χ3n) is 3.00.